The first-order valence-electron chi connectivity index (χ1n) is 5.93. The Bertz CT molecular complexity index is 769. The third kappa shape index (κ3) is 2.80. The van der Waals surface area contributed by atoms with Gasteiger partial charge in [-0.15, -0.1) is 0 Å². The highest BCUT2D eigenvalue weighted by Crippen LogP contribution is 2.31. The van der Waals surface area contributed by atoms with Crippen molar-refractivity contribution in [1.29, 1.82) is 10.5 Å². The predicted octanol–water partition coefficient (Wildman–Crippen LogP) is 3.44. The maximum atomic E-state index is 10.8. The molecule has 0 spiro atoms. The third-order valence-electron chi connectivity index (χ3n) is 2.84. The van der Waals surface area contributed by atoms with Crippen LogP contribution in [0.5, 0.6) is 11.5 Å². The number of nitrogens with zero attached hydrogens (tertiary/aromatic N) is 3. The topological polar surface area (TPSA) is 99.9 Å². The molecule has 0 radical (unpaired) electrons. The Balaban J connectivity index is 2.45. The first-order chi connectivity index (χ1) is 10.1. The number of nitriles is 2. The van der Waals surface area contributed by atoms with Gasteiger partial charge in [0.25, 0.3) is 5.69 Å². The quantitative estimate of drug-likeness (QED) is 0.632. The first-order valence-corrected chi connectivity index (χ1v) is 5.93. The number of nitro groups is 1. The molecule has 0 amide bonds. The summed E-state index contributed by atoms with van der Waals surface area (Å²) in [4.78, 5) is 10.3. The lowest BCUT2D eigenvalue weighted by atomic mass is 10.1. The molecule has 0 heterocycles. The van der Waals surface area contributed by atoms with Crippen LogP contribution in [0.25, 0.3) is 0 Å². The SMILES string of the molecule is Cc1cc(Oc2c(C#N)cccc2C#N)ccc1[N+](=O)[O-]. The van der Waals surface area contributed by atoms with Gasteiger partial charge >= 0.3 is 0 Å². The zero-order chi connectivity index (χ0) is 15.4. The molecule has 21 heavy (non-hydrogen) atoms. The van der Waals surface area contributed by atoms with Gasteiger partial charge in [-0.2, -0.15) is 10.5 Å². The van der Waals surface area contributed by atoms with Crippen molar-refractivity contribution in [2.24, 2.45) is 0 Å². The van der Waals surface area contributed by atoms with Crippen LogP contribution in [0.1, 0.15) is 16.7 Å². The van der Waals surface area contributed by atoms with Gasteiger partial charge in [-0.05, 0) is 31.2 Å². The minimum Gasteiger partial charge on any atom is -0.455 e. The molecule has 0 N–H and O–H groups in total. The van der Waals surface area contributed by atoms with Crippen LogP contribution in [0.2, 0.25) is 0 Å². The van der Waals surface area contributed by atoms with Crippen molar-refractivity contribution in [1.82, 2.24) is 0 Å². The number of hydrogen-bond acceptors (Lipinski definition) is 5. The monoisotopic (exact) mass is 279 g/mol. The Morgan fingerprint density at radius 2 is 1.76 bits per heavy atom. The van der Waals surface area contributed by atoms with Crippen molar-refractivity contribution >= 4 is 5.69 Å². The van der Waals surface area contributed by atoms with Gasteiger partial charge in [0, 0.05) is 11.6 Å². The van der Waals surface area contributed by atoms with Gasteiger partial charge in [-0.25, -0.2) is 0 Å². The number of benzene rings is 2. The Hall–Kier alpha value is -3.38. The van der Waals surface area contributed by atoms with Crippen molar-refractivity contribution in [3.8, 4) is 23.6 Å². The summed E-state index contributed by atoms with van der Waals surface area (Å²) in [6, 6.07) is 12.8. The number of para-hydroxylation sites is 1. The standard InChI is InChI=1S/C15H9N3O3/c1-10-7-13(5-6-14(10)18(19)20)21-15-11(8-16)3-2-4-12(15)9-17/h2-7H,1H3. The normalized spacial score (nSPS) is 9.48. The van der Waals surface area contributed by atoms with E-state index >= 15 is 0 Å². The summed E-state index contributed by atoms with van der Waals surface area (Å²) < 4.78 is 5.57. The van der Waals surface area contributed by atoms with Gasteiger partial charge in [-0.3, -0.25) is 10.1 Å². The minimum atomic E-state index is -0.483. The molecule has 0 saturated heterocycles. The second-order valence-electron chi connectivity index (χ2n) is 4.21. The van der Waals surface area contributed by atoms with Crippen LogP contribution in [-0.4, -0.2) is 4.92 Å². The van der Waals surface area contributed by atoms with Gasteiger partial charge in [-0.1, -0.05) is 6.07 Å². The van der Waals surface area contributed by atoms with Crippen molar-refractivity contribution in [3.05, 3.63) is 63.2 Å². The number of aryl methyl sites for hydroxylation is 1. The fraction of sp³-hybridized carbons (Fsp3) is 0.0667. The maximum absolute atomic E-state index is 10.8. The fourth-order valence-electron chi connectivity index (χ4n) is 1.84. The molecular formula is C15H9N3O3. The van der Waals surface area contributed by atoms with E-state index in [1.807, 2.05) is 12.1 Å². The molecule has 0 aromatic heterocycles. The summed E-state index contributed by atoms with van der Waals surface area (Å²) in [6.07, 6.45) is 0. The highest BCUT2D eigenvalue weighted by molar-refractivity contribution is 5.55. The number of ether oxygens (including phenoxy) is 1. The number of rotatable bonds is 3. The van der Waals surface area contributed by atoms with E-state index in [9.17, 15) is 10.1 Å². The molecule has 2 rings (SSSR count). The Morgan fingerprint density at radius 3 is 2.24 bits per heavy atom. The lowest BCUT2D eigenvalue weighted by Gasteiger charge is -2.09. The summed E-state index contributed by atoms with van der Waals surface area (Å²) in [5, 5.41) is 28.9. The fourth-order valence-corrected chi connectivity index (χ4v) is 1.84. The molecule has 0 aliphatic carbocycles. The Labute approximate surface area is 120 Å². The summed E-state index contributed by atoms with van der Waals surface area (Å²) in [6.45, 7) is 1.59. The Kier molecular flexibility index (Phi) is 3.83. The van der Waals surface area contributed by atoms with Crippen LogP contribution in [0, 0.1) is 39.7 Å². The summed E-state index contributed by atoms with van der Waals surface area (Å²) >= 11 is 0. The number of hydrogen-bond donors (Lipinski definition) is 0. The summed E-state index contributed by atoms with van der Waals surface area (Å²) in [5.41, 5.74) is 0.872. The molecule has 0 atom stereocenters. The second kappa shape index (κ2) is 5.72. The highest BCUT2D eigenvalue weighted by atomic mass is 16.6. The minimum absolute atomic E-state index is 0.0172. The molecule has 2 aromatic rings. The van der Waals surface area contributed by atoms with E-state index in [-0.39, 0.29) is 22.6 Å². The lowest BCUT2D eigenvalue weighted by Crippen LogP contribution is -1.95. The largest absolute Gasteiger partial charge is 0.455 e. The van der Waals surface area contributed by atoms with Gasteiger partial charge in [0.1, 0.15) is 17.9 Å². The van der Waals surface area contributed by atoms with Crippen molar-refractivity contribution < 1.29 is 9.66 Å². The molecule has 0 aliphatic rings. The molecule has 0 aliphatic heterocycles. The summed E-state index contributed by atoms with van der Waals surface area (Å²) in [7, 11) is 0. The summed E-state index contributed by atoms with van der Waals surface area (Å²) in [5.74, 6) is 0.480. The molecular weight excluding hydrogens is 270 g/mol. The molecule has 2 aromatic carbocycles. The van der Waals surface area contributed by atoms with Crippen LogP contribution in [0.3, 0.4) is 0 Å². The van der Waals surface area contributed by atoms with Crippen LogP contribution >= 0.6 is 0 Å². The zero-order valence-electron chi connectivity index (χ0n) is 11.0. The van der Waals surface area contributed by atoms with Crippen molar-refractivity contribution in [2.75, 3.05) is 0 Å². The number of nitro benzene ring substituents is 1. The molecule has 6 nitrogen and oxygen atoms in total. The molecule has 6 heteroatoms. The van der Waals surface area contributed by atoms with Crippen LogP contribution < -0.4 is 4.74 Å². The Morgan fingerprint density at radius 1 is 1.14 bits per heavy atom. The third-order valence-corrected chi connectivity index (χ3v) is 2.84. The molecule has 0 bridgehead atoms. The zero-order valence-corrected chi connectivity index (χ0v) is 11.0. The van der Waals surface area contributed by atoms with E-state index in [2.05, 4.69) is 0 Å². The van der Waals surface area contributed by atoms with E-state index < -0.39 is 4.92 Å². The molecule has 0 fully saturated rings. The van der Waals surface area contributed by atoms with Crippen LogP contribution in [-0.2, 0) is 0 Å². The van der Waals surface area contributed by atoms with Crippen molar-refractivity contribution in [2.45, 2.75) is 6.92 Å². The first kappa shape index (κ1) is 14.0. The van der Waals surface area contributed by atoms with Gasteiger partial charge in [0.15, 0.2) is 5.75 Å². The van der Waals surface area contributed by atoms with E-state index in [0.717, 1.165) is 0 Å². The van der Waals surface area contributed by atoms with Gasteiger partial charge in [0.2, 0.25) is 0 Å². The predicted molar refractivity (Wildman–Crippen MR) is 73.8 cm³/mol. The average Bonchev–Trinajstić information content (AvgIpc) is 2.47. The van der Waals surface area contributed by atoms with E-state index in [1.54, 1.807) is 13.0 Å². The molecule has 102 valence electrons. The molecule has 0 unspecified atom stereocenters. The average molecular weight is 279 g/mol. The highest BCUT2D eigenvalue weighted by Gasteiger charge is 2.14. The van der Waals surface area contributed by atoms with E-state index in [0.29, 0.717) is 11.3 Å². The smallest absolute Gasteiger partial charge is 0.272 e. The van der Waals surface area contributed by atoms with Crippen LogP contribution in [0.15, 0.2) is 36.4 Å². The maximum Gasteiger partial charge on any atom is 0.272 e. The lowest BCUT2D eigenvalue weighted by molar-refractivity contribution is -0.385. The molecule has 0 saturated carbocycles. The van der Waals surface area contributed by atoms with E-state index in [4.69, 9.17) is 15.3 Å². The van der Waals surface area contributed by atoms with E-state index in [1.165, 1.54) is 30.3 Å². The van der Waals surface area contributed by atoms with Crippen molar-refractivity contribution in [3.63, 3.8) is 0 Å². The second-order valence-corrected chi connectivity index (χ2v) is 4.21. The van der Waals surface area contributed by atoms with Crippen LogP contribution in [0.4, 0.5) is 5.69 Å². The van der Waals surface area contributed by atoms with Gasteiger partial charge in [0.05, 0.1) is 16.1 Å². The van der Waals surface area contributed by atoms with Gasteiger partial charge < -0.3 is 4.74 Å².